The van der Waals surface area contributed by atoms with Crippen LogP contribution in [-0.4, -0.2) is 15.4 Å². The van der Waals surface area contributed by atoms with Crippen molar-refractivity contribution in [1.82, 2.24) is 9.88 Å². The average Bonchev–Trinajstić information content (AvgIpc) is 2.89. The number of nitro groups is 1. The van der Waals surface area contributed by atoms with E-state index in [0.29, 0.717) is 5.56 Å². The summed E-state index contributed by atoms with van der Waals surface area (Å²) in [6.45, 7) is -0.447. The molecule has 128 valence electrons. The lowest BCUT2D eigenvalue weighted by molar-refractivity contribution is -0.384. The molecule has 0 aliphatic carbocycles. The molecule has 0 atom stereocenters. The van der Waals surface area contributed by atoms with Crippen LogP contribution >= 0.6 is 0 Å². The van der Waals surface area contributed by atoms with Crippen LogP contribution in [0.4, 0.5) is 10.1 Å². The molecule has 0 unspecified atom stereocenters. The van der Waals surface area contributed by atoms with Crippen molar-refractivity contribution in [2.45, 2.75) is 13.1 Å². The van der Waals surface area contributed by atoms with Crippen molar-refractivity contribution in [2.24, 2.45) is 0 Å². The van der Waals surface area contributed by atoms with Crippen LogP contribution < -0.4 is 11.1 Å². The molecule has 0 aliphatic rings. The number of carbonyl (C=O) groups excluding carboxylic acids is 1. The van der Waals surface area contributed by atoms with E-state index in [-0.39, 0.29) is 23.3 Å². The summed E-state index contributed by atoms with van der Waals surface area (Å²) in [4.78, 5) is 34.1. The summed E-state index contributed by atoms with van der Waals surface area (Å²) in [5, 5.41) is 13.3. The molecule has 8 nitrogen and oxygen atoms in total. The number of fused-ring (bicyclic) bond motifs is 1. The minimum atomic E-state index is -0.809. The molecule has 0 fully saturated rings. The Morgan fingerprint density at radius 2 is 2.04 bits per heavy atom. The smallest absolute Gasteiger partial charge is 0.408 e. The zero-order chi connectivity index (χ0) is 18.0. The van der Waals surface area contributed by atoms with Crippen molar-refractivity contribution < 1.29 is 18.5 Å². The van der Waals surface area contributed by atoms with E-state index >= 15 is 0 Å². The first-order valence-electron chi connectivity index (χ1n) is 7.23. The van der Waals surface area contributed by atoms with Gasteiger partial charge in [-0.05, 0) is 12.1 Å². The number of benzene rings is 2. The zero-order valence-corrected chi connectivity index (χ0v) is 12.8. The largest absolute Gasteiger partial charge is 0.420 e. The summed E-state index contributed by atoms with van der Waals surface area (Å²) in [6, 6.07) is 9.62. The van der Waals surface area contributed by atoms with Crippen molar-refractivity contribution in [2.75, 3.05) is 0 Å². The van der Waals surface area contributed by atoms with Gasteiger partial charge in [-0.2, -0.15) is 0 Å². The third kappa shape index (κ3) is 3.39. The van der Waals surface area contributed by atoms with Gasteiger partial charge in [0.15, 0.2) is 5.58 Å². The Morgan fingerprint density at radius 1 is 1.28 bits per heavy atom. The summed E-state index contributed by atoms with van der Waals surface area (Å²) in [7, 11) is 0. The number of oxazole rings is 1. The standard InChI is InChI=1S/C16H12FN3O5/c17-12-4-2-1-3-10(12)8-18-15(21)9-19-13-7-11(20(23)24)5-6-14(13)25-16(19)22/h1-7H,8-9H2,(H,18,21). The number of aromatic nitrogens is 1. The number of nitrogens with zero attached hydrogens (tertiary/aromatic N) is 2. The lowest BCUT2D eigenvalue weighted by Crippen LogP contribution is -2.30. The number of nitrogens with one attached hydrogen (secondary N) is 1. The molecule has 3 rings (SSSR count). The van der Waals surface area contributed by atoms with Crippen LogP contribution in [0.15, 0.2) is 51.7 Å². The van der Waals surface area contributed by atoms with Gasteiger partial charge in [0.25, 0.3) is 5.69 Å². The highest BCUT2D eigenvalue weighted by Crippen LogP contribution is 2.20. The van der Waals surface area contributed by atoms with Crippen molar-refractivity contribution in [3.05, 3.63) is 74.5 Å². The monoisotopic (exact) mass is 345 g/mol. The highest BCUT2D eigenvalue weighted by atomic mass is 19.1. The maximum Gasteiger partial charge on any atom is 0.420 e. The summed E-state index contributed by atoms with van der Waals surface area (Å²) in [6.07, 6.45) is 0. The molecule has 9 heteroatoms. The first-order valence-corrected chi connectivity index (χ1v) is 7.23. The maximum absolute atomic E-state index is 13.5. The Bertz CT molecular complexity index is 1020. The van der Waals surface area contributed by atoms with Crippen LogP contribution in [0.25, 0.3) is 11.1 Å². The highest BCUT2D eigenvalue weighted by molar-refractivity contribution is 5.80. The Labute approximate surface area is 139 Å². The molecule has 2 aromatic carbocycles. The normalized spacial score (nSPS) is 10.8. The van der Waals surface area contributed by atoms with E-state index in [4.69, 9.17) is 4.42 Å². The number of rotatable bonds is 5. The molecular formula is C16H12FN3O5. The summed E-state index contributed by atoms with van der Waals surface area (Å²) in [5.74, 6) is -1.82. The third-order valence-corrected chi connectivity index (χ3v) is 3.60. The van der Waals surface area contributed by atoms with E-state index in [9.17, 15) is 24.1 Å². The van der Waals surface area contributed by atoms with E-state index in [1.165, 1.54) is 30.3 Å². The quantitative estimate of drug-likeness (QED) is 0.562. The molecule has 0 radical (unpaired) electrons. The van der Waals surface area contributed by atoms with Gasteiger partial charge in [-0.3, -0.25) is 19.5 Å². The van der Waals surface area contributed by atoms with Crippen LogP contribution in [0.1, 0.15) is 5.56 Å². The molecule has 0 spiro atoms. The highest BCUT2D eigenvalue weighted by Gasteiger charge is 2.16. The van der Waals surface area contributed by atoms with Crippen molar-refractivity contribution in [1.29, 1.82) is 0 Å². The second-order valence-corrected chi connectivity index (χ2v) is 5.23. The van der Waals surface area contributed by atoms with Crippen LogP contribution in [0, 0.1) is 15.9 Å². The second kappa shape index (κ2) is 6.56. The van der Waals surface area contributed by atoms with Gasteiger partial charge in [0.2, 0.25) is 5.91 Å². The van der Waals surface area contributed by atoms with Gasteiger partial charge < -0.3 is 9.73 Å². The summed E-state index contributed by atoms with van der Waals surface area (Å²) >= 11 is 0. The zero-order valence-electron chi connectivity index (χ0n) is 12.8. The van der Waals surface area contributed by atoms with Gasteiger partial charge in [0.05, 0.1) is 10.4 Å². The fraction of sp³-hybridized carbons (Fsp3) is 0.125. The fourth-order valence-electron chi connectivity index (χ4n) is 2.35. The lowest BCUT2D eigenvalue weighted by Gasteiger charge is -2.06. The molecule has 1 N–H and O–H groups in total. The topological polar surface area (TPSA) is 107 Å². The van der Waals surface area contributed by atoms with Gasteiger partial charge in [0, 0.05) is 24.2 Å². The SMILES string of the molecule is O=C(Cn1c(=O)oc2ccc([N+](=O)[O-])cc21)NCc1ccccc1F. The number of non-ortho nitro benzene ring substituents is 1. The molecule has 3 aromatic rings. The van der Waals surface area contributed by atoms with Crippen molar-refractivity contribution in [3.8, 4) is 0 Å². The second-order valence-electron chi connectivity index (χ2n) is 5.23. The van der Waals surface area contributed by atoms with Gasteiger partial charge >= 0.3 is 5.76 Å². The Morgan fingerprint density at radius 3 is 2.76 bits per heavy atom. The van der Waals surface area contributed by atoms with E-state index in [2.05, 4.69) is 5.32 Å². The first-order chi connectivity index (χ1) is 12.0. The molecular weight excluding hydrogens is 333 g/mol. The molecule has 0 saturated carbocycles. The number of nitro benzene ring substituents is 1. The third-order valence-electron chi connectivity index (χ3n) is 3.60. The fourth-order valence-corrected chi connectivity index (χ4v) is 2.35. The van der Waals surface area contributed by atoms with Gasteiger partial charge in [-0.25, -0.2) is 9.18 Å². The minimum Gasteiger partial charge on any atom is -0.408 e. The van der Waals surface area contributed by atoms with Gasteiger partial charge in [-0.15, -0.1) is 0 Å². The number of amides is 1. The molecule has 1 amide bonds. The lowest BCUT2D eigenvalue weighted by atomic mass is 10.2. The molecule has 0 saturated heterocycles. The van der Waals surface area contributed by atoms with Crippen LogP contribution in [0.5, 0.6) is 0 Å². The van der Waals surface area contributed by atoms with Crippen LogP contribution in [0.2, 0.25) is 0 Å². The van der Waals surface area contributed by atoms with E-state index in [1.54, 1.807) is 6.07 Å². The van der Waals surface area contributed by atoms with Crippen molar-refractivity contribution >= 4 is 22.7 Å². The maximum atomic E-state index is 13.5. The van der Waals surface area contributed by atoms with Crippen molar-refractivity contribution in [3.63, 3.8) is 0 Å². The predicted molar refractivity (Wildman–Crippen MR) is 85.4 cm³/mol. The van der Waals surface area contributed by atoms with E-state index in [1.807, 2.05) is 0 Å². The van der Waals surface area contributed by atoms with Crippen LogP contribution in [0.3, 0.4) is 0 Å². The molecule has 25 heavy (non-hydrogen) atoms. The Balaban J connectivity index is 1.80. The van der Waals surface area contributed by atoms with Crippen LogP contribution in [-0.2, 0) is 17.9 Å². The molecule has 1 aromatic heterocycles. The molecule has 0 aliphatic heterocycles. The Hall–Kier alpha value is -3.49. The van der Waals surface area contributed by atoms with E-state index < -0.39 is 28.9 Å². The number of halogens is 1. The van der Waals surface area contributed by atoms with Gasteiger partial charge in [0.1, 0.15) is 12.4 Å². The predicted octanol–water partition coefficient (Wildman–Crippen LogP) is 1.96. The average molecular weight is 345 g/mol. The van der Waals surface area contributed by atoms with E-state index in [0.717, 1.165) is 10.6 Å². The minimum absolute atomic E-state index is 0.0454. The summed E-state index contributed by atoms with van der Waals surface area (Å²) in [5.41, 5.74) is 0.349. The Kier molecular flexibility index (Phi) is 4.29. The number of hydrogen-bond donors (Lipinski definition) is 1. The van der Waals surface area contributed by atoms with Gasteiger partial charge in [-0.1, -0.05) is 18.2 Å². The first kappa shape index (κ1) is 16.4. The number of carbonyl (C=O) groups is 1. The number of hydrogen-bond acceptors (Lipinski definition) is 5. The molecule has 1 heterocycles. The summed E-state index contributed by atoms with van der Waals surface area (Å²) < 4.78 is 19.5. The molecule has 0 bridgehead atoms.